The second-order valence-corrected chi connectivity index (χ2v) is 12.5. The second-order valence-electron chi connectivity index (χ2n) is 12.5. The zero-order chi connectivity index (χ0) is 30.2. The molecule has 42 heavy (non-hydrogen) atoms. The van der Waals surface area contributed by atoms with Crippen molar-refractivity contribution in [2.45, 2.75) is 88.5 Å². The summed E-state index contributed by atoms with van der Waals surface area (Å²) < 4.78 is 87.6. The third kappa shape index (κ3) is 4.89. The van der Waals surface area contributed by atoms with Gasteiger partial charge >= 0.3 is 24.3 Å². The van der Waals surface area contributed by atoms with Crippen LogP contribution >= 0.6 is 0 Å². The molecule has 1 heterocycles. The number of rotatable bonds is 6. The van der Waals surface area contributed by atoms with E-state index in [1.807, 2.05) is 0 Å². The van der Waals surface area contributed by atoms with Crippen LogP contribution in [0.4, 0.5) is 26.3 Å². The maximum Gasteiger partial charge on any atom is 0.420 e. The van der Waals surface area contributed by atoms with Crippen molar-refractivity contribution in [2.75, 3.05) is 0 Å². The average Bonchev–Trinajstić information content (AvgIpc) is 3.42. The molecule has 0 amide bonds. The van der Waals surface area contributed by atoms with Crippen molar-refractivity contribution in [3.63, 3.8) is 0 Å². The number of hydrogen-bond acceptors (Lipinski definition) is 4. The van der Waals surface area contributed by atoms with Gasteiger partial charge in [-0.2, -0.15) is 26.3 Å². The van der Waals surface area contributed by atoms with E-state index in [2.05, 4.69) is 4.90 Å². The number of nitrogens with zero attached hydrogens (tertiary/aromatic N) is 1. The van der Waals surface area contributed by atoms with E-state index >= 15 is 0 Å². The van der Waals surface area contributed by atoms with Crippen LogP contribution in [0.15, 0.2) is 30.3 Å². The number of aliphatic carboxylic acids is 2. The molecule has 2 aromatic rings. The highest BCUT2D eigenvalue weighted by molar-refractivity contribution is 5.89. The highest BCUT2D eigenvalue weighted by Gasteiger charge is 2.69. The minimum atomic E-state index is -4.76. The van der Waals surface area contributed by atoms with Gasteiger partial charge in [0.15, 0.2) is 0 Å². The Bertz CT molecular complexity index is 1360. The van der Waals surface area contributed by atoms with Crippen molar-refractivity contribution in [2.24, 2.45) is 23.2 Å². The molecule has 3 aliphatic carbocycles. The summed E-state index contributed by atoms with van der Waals surface area (Å²) in [5.41, 5.74) is -0.605. The van der Waals surface area contributed by atoms with Crippen molar-refractivity contribution in [1.82, 2.24) is 4.90 Å². The minimum Gasteiger partial charge on any atom is -0.490 e. The van der Waals surface area contributed by atoms with E-state index in [0.29, 0.717) is 37.6 Å². The smallest absolute Gasteiger partial charge is 0.420 e. The molecule has 1 saturated heterocycles. The van der Waals surface area contributed by atoms with Crippen molar-refractivity contribution in [3.05, 3.63) is 41.5 Å². The van der Waals surface area contributed by atoms with Crippen LogP contribution in [0.1, 0.15) is 62.5 Å². The fraction of sp³-hybridized carbons (Fsp3) is 0.600. The molecule has 0 aromatic heterocycles. The Morgan fingerprint density at radius 3 is 2.00 bits per heavy atom. The van der Waals surface area contributed by atoms with Crippen molar-refractivity contribution in [3.8, 4) is 5.75 Å². The van der Waals surface area contributed by atoms with E-state index in [9.17, 15) is 46.1 Å². The molecule has 6 rings (SSSR count). The van der Waals surface area contributed by atoms with Gasteiger partial charge in [-0.3, -0.25) is 14.5 Å². The molecular weight excluding hydrogens is 568 g/mol. The number of hydrogen-bond donors (Lipinski definition) is 2. The predicted octanol–water partition coefficient (Wildman–Crippen LogP) is 6.89. The molecule has 2 N–H and O–H groups in total. The van der Waals surface area contributed by atoms with E-state index in [4.69, 9.17) is 4.74 Å². The average molecular weight is 600 g/mol. The summed E-state index contributed by atoms with van der Waals surface area (Å²) in [5, 5.41) is 19.5. The summed E-state index contributed by atoms with van der Waals surface area (Å²) in [5.74, 6) is -4.77. The molecule has 0 radical (unpaired) electrons. The van der Waals surface area contributed by atoms with Gasteiger partial charge in [-0.1, -0.05) is 18.2 Å². The van der Waals surface area contributed by atoms with E-state index in [1.165, 1.54) is 18.2 Å². The lowest BCUT2D eigenvalue weighted by Crippen LogP contribution is -2.66. The Morgan fingerprint density at radius 1 is 0.881 bits per heavy atom. The largest absolute Gasteiger partial charge is 0.490 e. The Hall–Kier alpha value is -3.02. The number of carboxylic acid groups (broad SMARTS) is 2. The number of halogens is 6. The lowest BCUT2D eigenvalue weighted by Gasteiger charge is -2.58. The molecule has 6 nitrogen and oxygen atoms in total. The van der Waals surface area contributed by atoms with Crippen LogP contribution in [-0.4, -0.2) is 51.4 Å². The fourth-order valence-electron chi connectivity index (χ4n) is 8.35. The third-order valence-corrected chi connectivity index (χ3v) is 10.2. The molecular formula is C30H31F6NO5. The standard InChI is InChI=1S/C30H31F6NO5/c31-29(32,33)19-3-5-20(6-4-19)42-22-8-2-16-9-15(1-7-21(16)25(22)30(34,35)36)14-37-23-10-17(26(38)39)12-28(23)13-18(27(40)41)11-24(28)37/h1-2,7-9,17-20,23-24H,3-6,10-14H2,(H,38,39)(H,40,41). The minimum absolute atomic E-state index is 0.0174. The van der Waals surface area contributed by atoms with Gasteiger partial charge in [0.05, 0.1) is 23.9 Å². The summed E-state index contributed by atoms with van der Waals surface area (Å²) in [6, 6.07) is 7.14. The van der Waals surface area contributed by atoms with Gasteiger partial charge in [0.25, 0.3) is 0 Å². The molecule has 4 unspecified atom stereocenters. The third-order valence-electron chi connectivity index (χ3n) is 10.2. The zero-order valence-electron chi connectivity index (χ0n) is 22.5. The topological polar surface area (TPSA) is 87.1 Å². The Labute approximate surface area is 237 Å². The molecule has 0 bridgehead atoms. The molecule has 3 saturated carbocycles. The first-order valence-electron chi connectivity index (χ1n) is 14.2. The Balaban J connectivity index is 1.24. The van der Waals surface area contributed by atoms with Crippen molar-refractivity contribution < 1.29 is 50.9 Å². The van der Waals surface area contributed by atoms with Crippen molar-refractivity contribution >= 4 is 22.7 Å². The first-order chi connectivity index (χ1) is 19.7. The van der Waals surface area contributed by atoms with Gasteiger partial charge in [0.2, 0.25) is 0 Å². The lowest BCUT2D eigenvalue weighted by atomic mass is 9.67. The molecule has 4 aliphatic rings. The fourth-order valence-corrected chi connectivity index (χ4v) is 8.35. The number of likely N-dealkylation sites (tertiary alicyclic amines) is 1. The van der Waals surface area contributed by atoms with Gasteiger partial charge in [-0.05, 0) is 79.8 Å². The van der Waals surface area contributed by atoms with Gasteiger partial charge in [0.1, 0.15) is 11.3 Å². The summed E-state index contributed by atoms with van der Waals surface area (Å²) in [4.78, 5) is 25.7. The van der Waals surface area contributed by atoms with Gasteiger partial charge < -0.3 is 14.9 Å². The van der Waals surface area contributed by atoms with Crippen LogP contribution in [0, 0.1) is 23.2 Å². The molecule has 2 aromatic carbocycles. The maximum absolute atomic E-state index is 14.3. The van der Waals surface area contributed by atoms with Crippen LogP contribution in [0.5, 0.6) is 5.75 Å². The van der Waals surface area contributed by atoms with Gasteiger partial charge in [0, 0.05) is 24.0 Å². The Morgan fingerprint density at radius 2 is 1.48 bits per heavy atom. The molecule has 1 spiro atoms. The van der Waals surface area contributed by atoms with Crippen LogP contribution < -0.4 is 4.74 Å². The summed E-state index contributed by atoms with van der Waals surface area (Å²) in [7, 11) is 0. The highest BCUT2D eigenvalue weighted by Crippen LogP contribution is 2.65. The van der Waals surface area contributed by atoms with Crippen LogP contribution in [-0.2, 0) is 22.3 Å². The summed E-state index contributed by atoms with van der Waals surface area (Å²) in [6.45, 7) is 0.355. The predicted molar refractivity (Wildman–Crippen MR) is 138 cm³/mol. The number of carboxylic acids is 2. The number of ether oxygens (including phenoxy) is 1. The van der Waals surface area contributed by atoms with E-state index < -0.39 is 59.5 Å². The van der Waals surface area contributed by atoms with Gasteiger partial charge in [-0.15, -0.1) is 0 Å². The summed E-state index contributed by atoms with van der Waals surface area (Å²) in [6.07, 6.45) is -8.47. The number of benzene rings is 2. The maximum atomic E-state index is 14.3. The molecule has 12 heteroatoms. The normalized spacial score (nSPS) is 33.2. The monoisotopic (exact) mass is 599 g/mol. The van der Waals surface area contributed by atoms with E-state index in [1.54, 1.807) is 12.1 Å². The van der Waals surface area contributed by atoms with E-state index in [0.717, 1.165) is 5.56 Å². The van der Waals surface area contributed by atoms with Gasteiger partial charge in [-0.25, -0.2) is 0 Å². The second kappa shape index (κ2) is 10.0. The van der Waals surface area contributed by atoms with Crippen LogP contribution in [0.3, 0.4) is 0 Å². The van der Waals surface area contributed by atoms with Crippen LogP contribution in [0.2, 0.25) is 0 Å². The lowest BCUT2D eigenvalue weighted by molar-refractivity contribution is -0.185. The molecule has 4 atom stereocenters. The quantitative estimate of drug-likeness (QED) is 0.352. The Kier molecular flexibility index (Phi) is 6.94. The molecule has 1 aliphatic heterocycles. The molecule has 4 fully saturated rings. The van der Waals surface area contributed by atoms with Crippen LogP contribution in [0.25, 0.3) is 10.8 Å². The summed E-state index contributed by atoms with van der Waals surface area (Å²) >= 11 is 0. The number of alkyl halides is 6. The van der Waals surface area contributed by atoms with E-state index in [-0.39, 0.29) is 48.6 Å². The highest BCUT2D eigenvalue weighted by atomic mass is 19.4. The first kappa shape index (κ1) is 29.1. The first-order valence-corrected chi connectivity index (χ1v) is 14.2. The van der Waals surface area contributed by atoms with Crippen molar-refractivity contribution in [1.29, 1.82) is 0 Å². The number of fused-ring (bicyclic) bond motifs is 1. The SMILES string of the molecule is O=C(O)C1CC2N(Cc3ccc4c(C(F)(F)F)c(OC5CCC(C(F)(F)F)CC5)ccc4c3)C3CC(C(=O)O)CC23C1. The molecule has 228 valence electrons. The zero-order valence-corrected chi connectivity index (χ0v) is 22.5. The number of carbonyl (C=O) groups is 2.